The van der Waals surface area contributed by atoms with Crippen LogP contribution in [0.3, 0.4) is 0 Å². The van der Waals surface area contributed by atoms with Crippen molar-refractivity contribution in [2.24, 2.45) is 0 Å². The van der Waals surface area contributed by atoms with E-state index >= 15 is 0 Å². The Morgan fingerprint density at radius 3 is 1.80 bits per heavy atom. The van der Waals surface area contributed by atoms with E-state index in [2.05, 4.69) is 0 Å². The van der Waals surface area contributed by atoms with Crippen LogP contribution in [0.25, 0.3) is 0 Å². The summed E-state index contributed by atoms with van der Waals surface area (Å²) >= 11 is 0. The first kappa shape index (κ1) is 8.99. The summed E-state index contributed by atoms with van der Waals surface area (Å²) in [4.78, 5) is 9.00. The van der Waals surface area contributed by atoms with Gasteiger partial charge in [-0.05, 0) is 0 Å². The number of hydrogen-bond donors (Lipinski definition) is 1. The quantitative estimate of drug-likeness (QED) is 0.495. The summed E-state index contributed by atoms with van der Waals surface area (Å²) in [6, 6.07) is 0. The number of aliphatic carboxylic acids is 1. The molecule has 0 aliphatic carbocycles. The van der Waals surface area contributed by atoms with Crippen LogP contribution in [0.4, 0.5) is 0 Å². The number of rotatable bonds is 0. The van der Waals surface area contributed by atoms with Gasteiger partial charge in [0.05, 0.1) is 0 Å². The fraction of sp³-hybridized carbons (Fsp3) is 0.500. The molecular formula is C2H6O2Sn. The Hall–Kier alpha value is 0.269. The summed E-state index contributed by atoms with van der Waals surface area (Å²) < 4.78 is 0. The molecule has 3 heteroatoms. The van der Waals surface area contributed by atoms with Crippen LogP contribution in [0.5, 0.6) is 0 Å². The molecular weight excluding hydrogens is 175 g/mol. The van der Waals surface area contributed by atoms with Crippen molar-refractivity contribution in [3.05, 3.63) is 0 Å². The maximum atomic E-state index is 9.00. The third-order valence-electron chi connectivity index (χ3n) is 0. The number of carbonyl (C=O) groups is 1. The van der Waals surface area contributed by atoms with Crippen LogP contribution in [0.1, 0.15) is 6.92 Å². The van der Waals surface area contributed by atoms with E-state index in [0.717, 1.165) is 6.92 Å². The molecule has 0 heterocycles. The predicted molar refractivity (Wildman–Crippen MR) is 21.9 cm³/mol. The van der Waals surface area contributed by atoms with Crippen LogP contribution in [0.2, 0.25) is 0 Å². The van der Waals surface area contributed by atoms with Gasteiger partial charge < -0.3 is 5.11 Å². The molecule has 0 aliphatic heterocycles. The first-order chi connectivity index (χ1) is 1.73. The minimum absolute atomic E-state index is 0. The Labute approximate surface area is 47.1 Å². The summed E-state index contributed by atoms with van der Waals surface area (Å²) in [5, 5.41) is 7.42. The zero-order valence-corrected chi connectivity index (χ0v) is 7.10. The Morgan fingerprint density at radius 2 is 1.80 bits per heavy atom. The Bertz CT molecular complexity index is 30.6. The van der Waals surface area contributed by atoms with Crippen molar-refractivity contribution in [2.75, 3.05) is 0 Å². The van der Waals surface area contributed by atoms with Gasteiger partial charge in [-0.25, -0.2) is 0 Å². The second kappa shape index (κ2) is 4.27. The van der Waals surface area contributed by atoms with Crippen LogP contribution in [-0.4, -0.2) is 35.0 Å². The second-order valence-corrected chi connectivity index (χ2v) is 0.519. The molecule has 0 spiro atoms. The van der Waals surface area contributed by atoms with Crippen LogP contribution in [-0.2, 0) is 4.79 Å². The summed E-state index contributed by atoms with van der Waals surface area (Å²) in [7, 11) is 0. The average Bonchev–Trinajstić information content (AvgIpc) is 0.811. The van der Waals surface area contributed by atoms with E-state index in [4.69, 9.17) is 9.90 Å². The van der Waals surface area contributed by atoms with Gasteiger partial charge in [0, 0.05) is 6.92 Å². The number of hydrogen-bond acceptors (Lipinski definition) is 1. The van der Waals surface area contributed by atoms with Gasteiger partial charge in [0.25, 0.3) is 5.97 Å². The molecule has 0 unspecified atom stereocenters. The van der Waals surface area contributed by atoms with E-state index in [1.54, 1.807) is 0 Å². The average molecular weight is 181 g/mol. The van der Waals surface area contributed by atoms with E-state index in [9.17, 15) is 0 Å². The molecule has 1 N–H and O–H groups in total. The van der Waals surface area contributed by atoms with Crippen molar-refractivity contribution < 1.29 is 9.90 Å². The summed E-state index contributed by atoms with van der Waals surface area (Å²) in [6.07, 6.45) is 0. The molecule has 0 bridgehead atoms. The molecule has 0 amide bonds. The van der Waals surface area contributed by atoms with E-state index in [1.165, 1.54) is 0 Å². The van der Waals surface area contributed by atoms with Gasteiger partial charge >= 0.3 is 23.9 Å². The van der Waals surface area contributed by atoms with Gasteiger partial charge in [0.2, 0.25) is 0 Å². The molecule has 2 nitrogen and oxygen atoms in total. The Kier molecular flexibility index (Phi) is 7.67. The molecule has 0 fully saturated rings. The fourth-order valence-electron chi connectivity index (χ4n) is 0. The molecule has 0 saturated carbocycles. The fourth-order valence-corrected chi connectivity index (χ4v) is 0. The van der Waals surface area contributed by atoms with E-state index in [-0.39, 0.29) is 23.9 Å². The molecule has 5 heavy (non-hydrogen) atoms. The molecule has 0 aliphatic rings. The van der Waals surface area contributed by atoms with E-state index in [1.807, 2.05) is 0 Å². The van der Waals surface area contributed by atoms with E-state index in [0.29, 0.717) is 0 Å². The Balaban J connectivity index is 0. The topological polar surface area (TPSA) is 37.3 Å². The van der Waals surface area contributed by atoms with Crippen molar-refractivity contribution in [3.8, 4) is 0 Å². The van der Waals surface area contributed by atoms with Crippen molar-refractivity contribution in [1.82, 2.24) is 0 Å². The normalized spacial score (nSPS) is 5.00. The summed E-state index contributed by atoms with van der Waals surface area (Å²) in [6.45, 7) is 1.08. The van der Waals surface area contributed by atoms with E-state index < -0.39 is 5.97 Å². The number of carboxylic acid groups (broad SMARTS) is 1. The van der Waals surface area contributed by atoms with Crippen molar-refractivity contribution >= 4 is 29.9 Å². The molecule has 0 aromatic heterocycles. The zero-order valence-electron chi connectivity index (χ0n) is 3.06. The molecule has 0 saturated heterocycles. The standard InChI is InChI=1S/C2H4O2.Sn.2H/c1-2(3)4;;;/h1H3,(H,3,4);;;. The molecule has 0 atom stereocenters. The predicted octanol–water partition coefficient (Wildman–Crippen LogP) is -0.825. The Morgan fingerprint density at radius 1 is 1.80 bits per heavy atom. The minimum atomic E-state index is -0.833. The zero-order chi connectivity index (χ0) is 3.58. The van der Waals surface area contributed by atoms with Gasteiger partial charge in [0.1, 0.15) is 0 Å². The van der Waals surface area contributed by atoms with Crippen molar-refractivity contribution in [2.45, 2.75) is 6.92 Å². The van der Waals surface area contributed by atoms with Gasteiger partial charge in [-0.15, -0.1) is 0 Å². The van der Waals surface area contributed by atoms with Gasteiger partial charge in [-0.2, -0.15) is 0 Å². The molecule has 0 aromatic rings. The van der Waals surface area contributed by atoms with Crippen LogP contribution >= 0.6 is 0 Å². The summed E-state index contributed by atoms with van der Waals surface area (Å²) in [5.41, 5.74) is 0. The molecule has 2 radical (unpaired) electrons. The first-order valence-corrected chi connectivity index (χ1v) is 0.928. The van der Waals surface area contributed by atoms with Gasteiger partial charge in [-0.3, -0.25) is 4.79 Å². The first-order valence-electron chi connectivity index (χ1n) is 0.928. The van der Waals surface area contributed by atoms with Crippen LogP contribution < -0.4 is 0 Å². The monoisotopic (exact) mass is 182 g/mol. The SMILES string of the molecule is CC(=O)O.[SnH2]. The molecule has 0 rings (SSSR count). The maximum absolute atomic E-state index is 9.00. The third kappa shape index (κ3) is 304. The van der Waals surface area contributed by atoms with Gasteiger partial charge in [-0.1, -0.05) is 0 Å². The molecule has 0 aromatic carbocycles. The van der Waals surface area contributed by atoms with Gasteiger partial charge in [0.15, 0.2) is 0 Å². The third-order valence-corrected chi connectivity index (χ3v) is 0. The van der Waals surface area contributed by atoms with Crippen molar-refractivity contribution in [3.63, 3.8) is 0 Å². The number of carboxylic acids is 1. The molecule has 30 valence electrons. The van der Waals surface area contributed by atoms with Crippen molar-refractivity contribution in [1.29, 1.82) is 0 Å². The van der Waals surface area contributed by atoms with Crippen LogP contribution in [0, 0.1) is 0 Å². The second-order valence-electron chi connectivity index (χ2n) is 0.519. The summed E-state index contributed by atoms with van der Waals surface area (Å²) in [5.74, 6) is -0.833. The van der Waals surface area contributed by atoms with Crippen LogP contribution in [0.15, 0.2) is 0 Å².